The molecule has 0 aromatic carbocycles. The predicted octanol–water partition coefficient (Wildman–Crippen LogP) is 2.44. The molecule has 0 radical (unpaired) electrons. The fourth-order valence-electron chi connectivity index (χ4n) is 2.60. The van der Waals surface area contributed by atoms with Crippen molar-refractivity contribution < 1.29 is 4.74 Å². The lowest BCUT2D eigenvalue weighted by atomic mass is 9.83. The average molecular weight is 251 g/mol. The Morgan fingerprint density at radius 3 is 2.50 bits per heavy atom. The standard InChI is InChI=1S/C14H25N3O/c1-6-14(7-2,18-5)12(16-4)11-8-10(3)9-17-13(11)15/h8-9,12,16H,6-7H2,1-5H3,(H2,15,17). The van der Waals surface area contributed by atoms with E-state index in [-0.39, 0.29) is 11.6 Å². The first-order chi connectivity index (χ1) is 8.54. The number of methoxy groups -OCH3 is 1. The van der Waals surface area contributed by atoms with Crippen LogP contribution in [0.5, 0.6) is 0 Å². The number of aromatic nitrogens is 1. The molecule has 1 unspecified atom stereocenters. The van der Waals surface area contributed by atoms with E-state index in [1.54, 1.807) is 13.3 Å². The van der Waals surface area contributed by atoms with Crippen LogP contribution >= 0.6 is 0 Å². The zero-order valence-electron chi connectivity index (χ0n) is 12.1. The van der Waals surface area contributed by atoms with Gasteiger partial charge < -0.3 is 15.8 Å². The molecule has 18 heavy (non-hydrogen) atoms. The molecule has 1 atom stereocenters. The summed E-state index contributed by atoms with van der Waals surface area (Å²) < 4.78 is 5.79. The minimum absolute atomic E-state index is 0.0462. The number of pyridine rings is 1. The summed E-state index contributed by atoms with van der Waals surface area (Å²) in [5.41, 5.74) is 7.89. The molecule has 4 heteroatoms. The number of ether oxygens (including phenoxy) is 1. The van der Waals surface area contributed by atoms with Gasteiger partial charge in [-0.05, 0) is 38.4 Å². The molecule has 0 aliphatic rings. The first kappa shape index (κ1) is 14.9. The summed E-state index contributed by atoms with van der Waals surface area (Å²) in [5.74, 6) is 0.572. The number of hydrogen-bond acceptors (Lipinski definition) is 4. The predicted molar refractivity (Wildman–Crippen MR) is 75.5 cm³/mol. The first-order valence-electron chi connectivity index (χ1n) is 6.49. The normalized spacial score (nSPS) is 13.6. The van der Waals surface area contributed by atoms with Crippen molar-refractivity contribution in [3.8, 4) is 0 Å². The minimum atomic E-state index is -0.252. The lowest BCUT2D eigenvalue weighted by Gasteiger charge is -2.39. The van der Waals surface area contributed by atoms with Gasteiger partial charge in [-0.15, -0.1) is 0 Å². The molecule has 1 heterocycles. The largest absolute Gasteiger partial charge is 0.383 e. The summed E-state index contributed by atoms with van der Waals surface area (Å²) in [6.45, 7) is 6.29. The number of likely N-dealkylation sites (N-methyl/N-ethyl adjacent to an activating group) is 1. The second kappa shape index (κ2) is 6.16. The van der Waals surface area contributed by atoms with E-state index in [1.807, 2.05) is 14.0 Å². The highest BCUT2D eigenvalue weighted by molar-refractivity contribution is 5.44. The lowest BCUT2D eigenvalue weighted by Crippen LogP contribution is -2.44. The SMILES string of the molecule is CCC(CC)(OC)C(NC)c1cc(C)cnc1N. The number of nitrogens with one attached hydrogen (secondary N) is 1. The molecule has 0 amide bonds. The summed E-state index contributed by atoms with van der Waals surface area (Å²) >= 11 is 0. The van der Waals surface area contributed by atoms with Gasteiger partial charge in [0.15, 0.2) is 0 Å². The maximum atomic E-state index is 6.02. The number of aryl methyl sites for hydroxylation is 1. The highest BCUT2D eigenvalue weighted by Gasteiger charge is 2.37. The fraction of sp³-hybridized carbons (Fsp3) is 0.643. The van der Waals surface area contributed by atoms with Crippen molar-refractivity contribution in [3.05, 3.63) is 23.4 Å². The van der Waals surface area contributed by atoms with Gasteiger partial charge in [-0.2, -0.15) is 0 Å². The topological polar surface area (TPSA) is 60.2 Å². The molecule has 1 aromatic rings. The van der Waals surface area contributed by atoms with E-state index in [9.17, 15) is 0 Å². The van der Waals surface area contributed by atoms with E-state index < -0.39 is 0 Å². The lowest BCUT2D eigenvalue weighted by molar-refractivity contribution is -0.0466. The Morgan fingerprint density at radius 1 is 1.44 bits per heavy atom. The average Bonchev–Trinajstić information content (AvgIpc) is 2.39. The summed E-state index contributed by atoms with van der Waals surface area (Å²) in [6.07, 6.45) is 3.62. The van der Waals surface area contributed by atoms with Crippen molar-refractivity contribution in [2.24, 2.45) is 0 Å². The molecule has 4 nitrogen and oxygen atoms in total. The highest BCUT2D eigenvalue weighted by atomic mass is 16.5. The van der Waals surface area contributed by atoms with E-state index in [0.29, 0.717) is 5.82 Å². The smallest absolute Gasteiger partial charge is 0.128 e. The second-order valence-electron chi connectivity index (χ2n) is 4.68. The maximum absolute atomic E-state index is 6.02. The molecule has 0 bridgehead atoms. The molecule has 102 valence electrons. The Morgan fingerprint density at radius 2 is 2.06 bits per heavy atom. The molecule has 0 spiro atoms. The first-order valence-corrected chi connectivity index (χ1v) is 6.49. The third-order valence-corrected chi connectivity index (χ3v) is 3.82. The van der Waals surface area contributed by atoms with Crippen LogP contribution in [0, 0.1) is 6.92 Å². The van der Waals surface area contributed by atoms with Crippen molar-refractivity contribution >= 4 is 5.82 Å². The fourth-order valence-corrected chi connectivity index (χ4v) is 2.60. The molecule has 0 aliphatic heterocycles. The molecule has 0 aliphatic carbocycles. The zero-order chi connectivity index (χ0) is 13.8. The van der Waals surface area contributed by atoms with Crippen LogP contribution in [0.4, 0.5) is 5.82 Å². The number of anilines is 1. The van der Waals surface area contributed by atoms with Crippen molar-refractivity contribution in [3.63, 3.8) is 0 Å². The van der Waals surface area contributed by atoms with Crippen LogP contribution in [-0.2, 0) is 4.74 Å². The van der Waals surface area contributed by atoms with Gasteiger partial charge in [0.05, 0.1) is 11.6 Å². The van der Waals surface area contributed by atoms with Gasteiger partial charge in [0.1, 0.15) is 5.82 Å². The van der Waals surface area contributed by atoms with Crippen LogP contribution in [0.1, 0.15) is 43.9 Å². The van der Waals surface area contributed by atoms with Crippen LogP contribution in [-0.4, -0.2) is 24.7 Å². The highest BCUT2D eigenvalue weighted by Crippen LogP contribution is 2.36. The number of hydrogen-bond donors (Lipinski definition) is 2. The molecular weight excluding hydrogens is 226 g/mol. The number of nitrogens with zero attached hydrogens (tertiary/aromatic N) is 1. The van der Waals surface area contributed by atoms with Gasteiger partial charge in [-0.1, -0.05) is 13.8 Å². The van der Waals surface area contributed by atoms with Gasteiger partial charge in [0.25, 0.3) is 0 Å². The van der Waals surface area contributed by atoms with Gasteiger partial charge in [-0.3, -0.25) is 0 Å². The Balaban J connectivity index is 3.27. The Labute approximate surface area is 110 Å². The third-order valence-electron chi connectivity index (χ3n) is 3.82. The number of nitrogens with two attached hydrogens (primary N) is 1. The van der Waals surface area contributed by atoms with Gasteiger partial charge in [0, 0.05) is 18.9 Å². The van der Waals surface area contributed by atoms with Gasteiger partial charge in [-0.25, -0.2) is 4.98 Å². The van der Waals surface area contributed by atoms with Crippen LogP contribution < -0.4 is 11.1 Å². The van der Waals surface area contributed by atoms with Gasteiger partial charge >= 0.3 is 0 Å². The molecule has 0 saturated carbocycles. The Bertz CT molecular complexity index is 380. The summed E-state index contributed by atoms with van der Waals surface area (Å²) in [4.78, 5) is 4.25. The molecule has 0 fully saturated rings. The van der Waals surface area contributed by atoms with E-state index in [2.05, 4.69) is 30.2 Å². The second-order valence-corrected chi connectivity index (χ2v) is 4.68. The molecule has 0 saturated heterocycles. The summed E-state index contributed by atoms with van der Waals surface area (Å²) in [5, 5.41) is 3.34. The molecule has 3 N–H and O–H groups in total. The van der Waals surface area contributed by atoms with Crippen LogP contribution in [0.25, 0.3) is 0 Å². The van der Waals surface area contributed by atoms with Crippen molar-refractivity contribution in [1.29, 1.82) is 0 Å². The molecule has 1 rings (SSSR count). The zero-order valence-corrected chi connectivity index (χ0v) is 12.1. The minimum Gasteiger partial charge on any atom is -0.383 e. The Kier molecular flexibility index (Phi) is 5.11. The van der Waals surface area contributed by atoms with Crippen LogP contribution in [0.3, 0.4) is 0 Å². The number of nitrogen functional groups attached to an aromatic ring is 1. The molecular formula is C14H25N3O. The summed E-state index contributed by atoms with van der Waals surface area (Å²) in [6, 6.07) is 2.13. The van der Waals surface area contributed by atoms with Crippen molar-refractivity contribution in [2.75, 3.05) is 19.9 Å². The van der Waals surface area contributed by atoms with Crippen LogP contribution in [0.15, 0.2) is 12.3 Å². The van der Waals surface area contributed by atoms with Crippen LogP contribution in [0.2, 0.25) is 0 Å². The monoisotopic (exact) mass is 251 g/mol. The van der Waals surface area contributed by atoms with E-state index in [4.69, 9.17) is 10.5 Å². The van der Waals surface area contributed by atoms with Crippen molar-refractivity contribution in [1.82, 2.24) is 10.3 Å². The third kappa shape index (κ3) is 2.65. The number of rotatable bonds is 6. The quantitative estimate of drug-likeness (QED) is 0.815. The maximum Gasteiger partial charge on any atom is 0.128 e. The van der Waals surface area contributed by atoms with Gasteiger partial charge in [0.2, 0.25) is 0 Å². The van der Waals surface area contributed by atoms with E-state index >= 15 is 0 Å². The Hall–Kier alpha value is -1.13. The molecule has 1 aromatic heterocycles. The van der Waals surface area contributed by atoms with E-state index in [0.717, 1.165) is 24.0 Å². The summed E-state index contributed by atoms with van der Waals surface area (Å²) in [7, 11) is 3.70. The van der Waals surface area contributed by atoms with E-state index in [1.165, 1.54) is 0 Å². The van der Waals surface area contributed by atoms with Crippen molar-refractivity contribution in [2.45, 2.75) is 45.3 Å².